The van der Waals surface area contributed by atoms with Gasteiger partial charge in [-0.25, -0.2) is 4.79 Å². The number of nitrogens with one attached hydrogen (secondary N) is 1. The van der Waals surface area contributed by atoms with Gasteiger partial charge in [-0.3, -0.25) is 14.3 Å². The van der Waals surface area contributed by atoms with Crippen molar-refractivity contribution < 1.29 is 0 Å². The molecule has 6 nitrogen and oxygen atoms in total. The smallest absolute Gasteiger partial charge is 0.315 e. The summed E-state index contributed by atoms with van der Waals surface area (Å²) >= 11 is 1.69. The third kappa shape index (κ3) is 3.97. The maximum absolute atomic E-state index is 12.4. The molecule has 1 aliphatic heterocycles. The molecule has 1 N–H and O–H groups in total. The third-order valence-corrected chi connectivity index (χ3v) is 5.14. The van der Waals surface area contributed by atoms with Gasteiger partial charge in [-0.15, -0.1) is 12.4 Å². The Morgan fingerprint density at radius 3 is 2.75 bits per heavy atom. The first-order valence-corrected chi connectivity index (χ1v) is 8.72. The summed E-state index contributed by atoms with van der Waals surface area (Å²) in [5.74, 6) is 0. The lowest BCUT2D eigenvalue weighted by atomic mass is 10.1. The molecule has 0 radical (unpaired) electrons. The van der Waals surface area contributed by atoms with Crippen LogP contribution in [0.25, 0.3) is 0 Å². The Balaban J connectivity index is 0.00000208. The minimum atomic E-state index is -0.286. The highest BCUT2D eigenvalue weighted by molar-refractivity contribution is 7.07. The Bertz CT molecular complexity index is 778. The molecule has 3 heterocycles. The summed E-state index contributed by atoms with van der Waals surface area (Å²) in [4.78, 5) is 26.6. The van der Waals surface area contributed by atoms with Gasteiger partial charge in [0.05, 0.1) is 0 Å². The summed E-state index contributed by atoms with van der Waals surface area (Å²) in [5.41, 5.74) is 1.44. The third-order valence-electron chi connectivity index (χ3n) is 4.41. The highest BCUT2D eigenvalue weighted by atomic mass is 35.5. The molecule has 0 aromatic carbocycles. The van der Waals surface area contributed by atoms with Crippen LogP contribution in [0, 0.1) is 0 Å². The van der Waals surface area contributed by atoms with Crippen LogP contribution in [-0.2, 0) is 27.2 Å². The van der Waals surface area contributed by atoms with Crippen LogP contribution in [-0.4, -0.2) is 33.2 Å². The van der Waals surface area contributed by atoms with Crippen LogP contribution in [0.15, 0.2) is 32.6 Å². The number of nitrogens with zero attached hydrogens (tertiary/aromatic N) is 3. The second kappa shape index (κ2) is 8.11. The van der Waals surface area contributed by atoms with Crippen LogP contribution in [0.4, 0.5) is 0 Å². The van der Waals surface area contributed by atoms with Gasteiger partial charge in [-0.1, -0.05) is 0 Å². The lowest BCUT2D eigenvalue weighted by Crippen LogP contribution is -2.42. The molecule has 1 saturated heterocycles. The molecule has 0 amide bonds. The van der Waals surface area contributed by atoms with Crippen molar-refractivity contribution in [2.45, 2.75) is 25.6 Å². The zero-order chi connectivity index (χ0) is 16.4. The van der Waals surface area contributed by atoms with E-state index in [1.165, 1.54) is 21.7 Å². The van der Waals surface area contributed by atoms with E-state index < -0.39 is 0 Å². The van der Waals surface area contributed by atoms with Gasteiger partial charge in [-0.05, 0) is 35.4 Å². The number of thiophene rings is 1. The quantitative estimate of drug-likeness (QED) is 0.850. The molecule has 2 aromatic heterocycles. The molecule has 0 bridgehead atoms. The standard InChI is InChI=1S/C16H22N4O2S.ClH/c1-18-9-13(15(21)19(2)16(18)22)10-20(14-3-5-17-7-14)8-12-4-6-23-11-12;/h4,6,9,11,14,17H,3,5,7-8,10H2,1-2H3;1H. The van der Waals surface area contributed by atoms with E-state index in [0.717, 1.165) is 26.1 Å². The van der Waals surface area contributed by atoms with Gasteiger partial charge in [0.2, 0.25) is 0 Å². The molecular formula is C16H23ClN4O2S. The molecule has 1 fully saturated rings. The van der Waals surface area contributed by atoms with Crippen molar-refractivity contribution in [2.75, 3.05) is 13.1 Å². The van der Waals surface area contributed by atoms with Gasteiger partial charge in [-0.2, -0.15) is 11.3 Å². The topological polar surface area (TPSA) is 59.3 Å². The van der Waals surface area contributed by atoms with Crippen LogP contribution in [0.2, 0.25) is 0 Å². The van der Waals surface area contributed by atoms with E-state index >= 15 is 0 Å². The summed E-state index contributed by atoms with van der Waals surface area (Å²) in [5, 5.41) is 7.61. The monoisotopic (exact) mass is 370 g/mol. The van der Waals surface area contributed by atoms with Crippen LogP contribution < -0.4 is 16.6 Å². The number of rotatable bonds is 5. The normalized spacial score (nSPS) is 17.2. The number of halogens is 1. The number of hydrogen-bond acceptors (Lipinski definition) is 5. The van der Waals surface area contributed by atoms with E-state index in [1.54, 1.807) is 24.6 Å². The lowest BCUT2D eigenvalue weighted by molar-refractivity contribution is 0.188. The summed E-state index contributed by atoms with van der Waals surface area (Å²) in [6.45, 7) is 3.33. The van der Waals surface area contributed by atoms with Crippen LogP contribution in [0.5, 0.6) is 0 Å². The van der Waals surface area contributed by atoms with Crippen molar-refractivity contribution in [3.05, 3.63) is 55.0 Å². The van der Waals surface area contributed by atoms with Gasteiger partial charge >= 0.3 is 5.69 Å². The molecule has 2 aromatic rings. The fourth-order valence-electron chi connectivity index (χ4n) is 3.09. The second-order valence-electron chi connectivity index (χ2n) is 6.10. The number of hydrogen-bond donors (Lipinski definition) is 1. The van der Waals surface area contributed by atoms with Crippen molar-refractivity contribution in [3.8, 4) is 0 Å². The Labute approximate surface area is 151 Å². The lowest BCUT2D eigenvalue weighted by Gasteiger charge is -2.28. The summed E-state index contributed by atoms with van der Waals surface area (Å²) in [6.07, 6.45) is 2.75. The first-order chi connectivity index (χ1) is 11.1. The van der Waals surface area contributed by atoms with Crippen molar-refractivity contribution in [1.29, 1.82) is 0 Å². The summed E-state index contributed by atoms with van der Waals surface area (Å²) < 4.78 is 2.66. The van der Waals surface area contributed by atoms with Gasteiger partial charge in [0.15, 0.2) is 0 Å². The van der Waals surface area contributed by atoms with Crippen molar-refractivity contribution in [1.82, 2.24) is 19.4 Å². The molecule has 8 heteroatoms. The Kier molecular flexibility index (Phi) is 6.40. The summed E-state index contributed by atoms with van der Waals surface area (Å²) in [7, 11) is 3.22. The molecule has 1 aliphatic rings. The Morgan fingerprint density at radius 2 is 2.12 bits per heavy atom. The fraction of sp³-hybridized carbons (Fsp3) is 0.500. The van der Waals surface area contributed by atoms with E-state index in [2.05, 4.69) is 27.0 Å². The molecule has 1 unspecified atom stereocenters. The highest BCUT2D eigenvalue weighted by Gasteiger charge is 2.24. The zero-order valence-electron chi connectivity index (χ0n) is 13.9. The molecule has 0 spiro atoms. The fourth-order valence-corrected chi connectivity index (χ4v) is 3.75. The molecule has 0 aliphatic carbocycles. The van der Waals surface area contributed by atoms with E-state index in [-0.39, 0.29) is 23.7 Å². The average Bonchev–Trinajstić information content (AvgIpc) is 3.22. The maximum atomic E-state index is 12.4. The zero-order valence-corrected chi connectivity index (χ0v) is 15.5. The van der Waals surface area contributed by atoms with E-state index in [0.29, 0.717) is 18.2 Å². The van der Waals surface area contributed by atoms with Gasteiger partial charge < -0.3 is 9.88 Å². The maximum Gasteiger partial charge on any atom is 0.330 e. The average molecular weight is 371 g/mol. The molecule has 3 rings (SSSR count). The van der Waals surface area contributed by atoms with Crippen LogP contribution >= 0.6 is 23.7 Å². The molecule has 24 heavy (non-hydrogen) atoms. The molecular weight excluding hydrogens is 348 g/mol. The minimum Gasteiger partial charge on any atom is -0.315 e. The molecule has 1 atom stereocenters. The Hall–Kier alpha value is -1.41. The Morgan fingerprint density at radius 1 is 1.33 bits per heavy atom. The largest absolute Gasteiger partial charge is 0.330 e. The van der Waals surface area contributed by atoms with Crippen LogP contribution in [0.3, 0.4) is 0 Å². The van der Waals surface area contributed by atoms with Gasteiger partial charge in [0.25, 0.3) is 5.56 Å². The predicted molar refractivity (Wildman–Crippen MR) is 99.0 cm³/mol. The van der Waals surface area contributed by atoms with Gasteiger partial charge in [0.1, 0.15) is 0 Å². The van der Waals surface area contributed by atoms with Crippen molar-refractivity contribution in [2.24, 2.45) is 14.1 Å². The van der Waals surface area contributed by atoms with E-state index in [9.17, 15) is 9.59 Å². The number of aryl methyl sites for hydroxylation is 1. The predicted octanol–water partition coefficient (Wildman–Crippen LogP) is 0.931. The molecule has 0 saturated carbocycles. The SMILES string of the molecule is Cl.Cn1cc(CN(Cc2ccsc2)C2CCNC2)c(=O)n(C)c1=O. The minimum absolute atomic E-state index is 0. The molecule has 132 valence electrons. The van der Waals surface area contributed by atoms with E-state index in [1.807, 2.05) is 0 Å². The van der Waals surface area contributed by atoms with Crippen molar-refractivity contribution in [3.63, 3.8) is 0 Å². The number of aromatic nitrogens is 2. The first-order valence-electron chi connectivity index (χ1n) is 7.77. The van der Waals surface area contributed by atoms with Gasteiger partial charge in [0, 0.05) is 51.5 Å². The second-order valence-corrected chi connectivity index (χ2v) is 6.88. The highest BCUT2D eigenvalue weighted by Crippen LogP contribution is 2.17. The van der Waals surface area contributed by atoms with Crippen LogP contribution in [0.1, 0.15) is 17.5 Å². The van der Waals surface area contributed by atoms with Crippen molar-refractivity contribution >= 4 is 23.7 Å². The van der Waals surface area contributed by atoms with E-state index in [4.69, 9.17) is 0 Å². The first kappa shape index (κ1) is 18.9. The summed E-state index contributed by atoms with van der Waals surface area (Å²) in [6, 6.07) is 2.54.